The monoisotopic (exact) mass is 344 g/mol. The number of sulfone groups is 1. The van der Waals surface area contributed by atoms with Crippen LogP contribution in [-0.4, -0.2) is 32.5 Å². The summed E-state index contributed by atoms with van der Waals surface area (Å²) < 4.78 is 22.3. The minimum absolute atomic E-state index is 0.0455. The lowest BCUT2D eigenvalue weighted by Gasteiger charge is -2.18. The molecule has 0 spiro atoms. The lowest BCUT2D eigenvalue weighted by Crippen LogP contribution is -2.42. The van der Waals surface area contributed by atoms with Gasteiger partial charge in [-0.05, 0) is 43.4 Å². The number of carbonyl (C=O) groups excluding carboxylic acids is 1. The van der Waals surface area contributed by atoms with Gasteiger partial charge in [-0.25, -0.2) is 13.2 Å². The molecule has 2 unspecified atom stereocenters. The summed E-state index contributed by atoms with van der Waals surface area (Å²) >= 11 is 6.15. The molecule has 0 radical (unpaired) electrons. The van der Waals surface area contributed by atoms with Gasteiger partial charge in [0.05, 0.1) is 11.8 Å². The lowest BCUT2D eigenvalue weighted by molar-refractivity contribution is 0.233. The number of carbonyl (C=O) groups is 1. The highest BCUT2D eigenvalue weighted by Gasteiger charge is 2.25. The summed E-state index contributed by atoms with van der Waals surface area (Å²) in [6.07, 6.45) is 3.27. The standard InChI is InChI=1S/C15H21ClN2O3S/c1-10(8-9-22(2,20)21)17-15(19)18-14-7-6-11-12(14)4-3-5-13(11)16/h3-5,10,14H,6-9H2,1-2H3,(H2,17,18,19). The second-order valence-electron chi connectivity index (χ2n) is 5.84. The summed E-state index contributed by atoms with van der Waals surface area (Å²) in [5.41, 5.74) is 2.16. The molecule has 1 aliphatic carbocycles. The van der Waals surface area contributed by atoms with Crippen molar-refractivity contribution in [3.05, 3.63) is 34.3 Å². The number of hydrogen-bond donors (Lipinski definition) is 2. The van der Waals surface area contributed by atoms with E-state index in [1.165, 1.54) is 6.26 Å². The maximum atomic E-state index is 12.0. The maximum Gasteiger partial charge on any atom is 0.315 e. The number of nitrogens with one attached hydrogen (secondary N) is 2. The van der Waals surface area contributed by atoms with Gasteiger partial charge in [-0.2, -0.15) is 0 Å². The molecule has 7 heteroatoms. The molecule has 0 saturated heterocycles. The Morgan fingerprint density at radius 3 is 2.86 bits per heavy atom. The number of amides is 2. The molecule has 1 aromatic carbocycles. The van der Waals surface area contributed by atoms with Gasteiger partial charge in [-0.15, -0.1) is 0 Å². The van der Waals surface area contributed by atoms with E-state index < -0.39 is 9.84 Å². The SMILES string of the molecule is CC(CCS(C)(=O)=O)NC(=O)NC1CCc2c(Cl)cccc21. The zero-order valence-electron chi connectivity index (χ0n) is 12.7. The molecular formula is C15H21ClN2O3S. The first-order valence-corrected chi connectivity index (χ1v) is 9.72. The van der Waals surface area contributed by atoms with Crippen molar-refractivity contribution in [1.29, 1.82) is 0 Å². The Hall–Kier alpha value is -1.27. The summed E-state index contributed by atoms with van der Waals surface area (Å²) in [5.74, 6) is 0.0658. The molecule has 2 atom stereocenters. The molecule has 1 aromatic rings. The van der Waals surface area contributed by atoms with Crippen molar-refractivity contribution in [2.45, 2.75) is 38.3 Å². The first-order valence-electron chi connectivity index (χ1n) is 7.28. The molecule has 122 valence electrons. The Morgan fingerprint density at radius 1 is 1.45 bits per heavy atom. The van der Waals surface area contributed by atoms with Crippen LogP contribution in [0, 0.1) is 0 Å². The van der Waals surface area contributed by atoms with E-state index in [-0.39, 0.29) is 23.9 Å². The van der Waals surface area contributed by atoms with Crippen molar-refractivity contribution in [1.82, 2.24) is 10.6 Å². The highest BCUT2D eigenvalue weighted by molar-refractivity contribution is 7.90. The van der Waals surface area contributed by atoms with Gasteiger partial charge in [0, 0.05) is 17.3 Å². The molecule has 2 rings (SSSR count). The van der Waals surface area contributed by atoms with Gasteiger partial charge >= 0.3 is 6.03 Å². The Bertz CT molecular complexity index is 661. The third-order valence-corrected chi connectivity index (χ3v) is 5.15. The van der Waals surface area contributed by atoms with E-state index in [1.807, 2.05) is 18.2 Å². The smallest absolute Gasteiger partial charge is 0.315 e. The summed E-state index contributed by atoms with van der Waals surface area (Å²) in [5, 5.41) is 6.45. The van der Waals surface area contributed by atoms with Gasteiger partial charge < -0.3 is 10.6 Å². The van der Waals surface area contributed by atoms with Crippen LogP contribution in [0.1, 0.15) is 36.9 Å². The molecule has 0 aromatic heterocycles. The number of halogens is 1. The fourth-order valence-electron chi connectivity index (χ4n) is 2.65. The lowest BCUT2D eigenvalue weighted by atomic mass is 10.1. The van der Waals surface area contributed by atoms with Crippen molar-refractivity contribution in [3.8, 4) is 0 Å². The number of benzene rings is 1. The Labute approximate surface area is 136 Å². The van der Waals surface area contributed by atoms with Gasteiger partial charge in [0.2, 0.25) is 0 Å². The third-order valence-electron chi connectivity index (χ3n) is 3.82. The van der Waals surface area contributed by atoms with Crippen LogP contribution in [0.25, 0.3) is 0 Å². The molecule has 22 heavy (non-hydrogen) atoms. The maximum absolute atomic E-state index is 12.0. The number of urea groups is 1. The van der Waals surface area contributed by atoms with E-state index in [2.05, 4.69) is 10.6 Å². The van der Waals surface area contributed by atoms with Crippen LogP contribution >= 0.6 is 11.6 Å². The summed E-state index contributed by atoms with van der Waals surface area (Å²) in [6, 6.07) is 5.19. The van der Waals surface area contributed by atoms with Crippen molar-refractivity contribution in [3.63, 3.8) is 0 Å². The number of fused-ring (bicyclic) bond motifs is 1. The molecule has 2 amide bonds. The molecule has 2 N–H and O–H groups in total. The van der Waals surface area contributed by atoms with Crippen LogP contribution in [0.5, 0.6) is 0 Å². The van der Waals surface area contributed by atoms with Gasteiger partial charge in [-0.3, -0.25) is 0 Å². The van der Waals surface area contributed by atoms with E-state index in [0.29, 0.717) is 6.42 Å². The van der Waals surface area contributed by atoms with Gasteiger partial charge in [0.15, 0.2) is 0 Å². The minimum atomic E-state index is -3.01. The van der Waals surface area contributed by atoms with Gasteiger partial charge in [0.1, 0.15) is 9.84 Å². The van der Waals surface area contributed by atoms with E-state index in [1.54, 1.807) is 6.92 Å². The van der Waals surface area contributed by atoms with Crippen LogP contribution in [0.15, 0.2) is 18.2 Å². The normalized spacial score (nSPS) is 18.6. The average Bonchev–Trinajstić information content (AvgIpc) is 2.80. The molecule has 0 fully saturated rings. The zero-order chi connectivity index (χ0) is 16.3. The van der Waals surface area contributed by atoms with E-state index in [4.69, 9.17) is 11.6 Å². The summed E-state index contributed by atoms with van der Waals surface area (Å²) in [7, 11) is -3.01. The molecule has 5 nitrogen and oxygen atoms in total. The Kier molecular flexibility index (Phi) is 5.34. The van der Waals surface area contributed by atoms with Crippen LogP contribution in [-0.2, 0) is 16.3 Å². The predicted octanol–water partition coefficient (Wildman–Crippen LogP) is 2.45. The van der Waals surface area contributed by atoms with Crippen molar-refractivity contribution in [2.24, 2.45) is 0 Å². The molecule has 0 heterocycles. The average molecular weight is 345 g/mol. The number of hydrogen-bond acceptors (Lipinski definition) is 3. The topological polar surface area (TPSA) is 75.3 Å². The highest BCUT2D eigenvalue weighted by atomic mass is 35.5. The quantitative estimate of drug-likeness (QED) is 0.861. The molecular weight excluding hydrogens is 324 g/mol. The minimum Gasteiger partial charge on any atom is -0.336 e. The largest absolute Gasteiger partial charge is 0.336 e. The number of rotatable bonds is 5. The van der Waals surface area contributed by atoms with Crippen LogP contribution in [0.2, 0.25) is 5.02 Å². The van der Waals surface area contributed by atoms with Gasteiger partial charge in [-0.1, -0.05) is 23.7 Å². The first-order chi connectivity index (χ1) is 10.3. The Balaban J connectivity index is 1.88. The van der Waals surface area contributed by atoms with E-state index in [9.17, 15) is 13.2 Å². The first kappa shape index (κ1) is 17.1. The van der Waals surface area contributed by atoms with Gasteiger partial charge in [0.25, 0.3) is 0 Å². The third kappa shape index (κ3) is 4.61. The summed E-state index contributed by atoms with van der Waals surface area (Å²) in [4.78, 5) is 12.0. The second kappa shape index (κ2) is 6.87. The summed E-state index contributed by atoms with van der Waals surface area (Å²) in [6.45, 7) is 1.80. The highest BCUT2D eigenvalue weighted by Crippen LogP contribution is 2.35. The molecule has 1 aliphatic rings. The van der Waals surface area contributed by atoms with Crippen LogP contribution in [0.3, 0.4) is 0 Å². The predicted molar refractivity (Wildman–Crippen MR) is 88.0 cm³/mol. The zero-order valence-corrected chi connectivity index (χ0v) is 14.3. The van der Waals surface area contributed by atoms with Crippen molar-refractivity contribution < 1.29 is 13.2 Å². The molecule has 0 saturated carbocycles. The fourth-order valence-corrected chi connectivity index (χ4v) is 3.70. The van der Waals surface area contributed by atoms with Crippen LogP contribution < -0.4 is 10.6 Å². The fraction of sp³-hybridized carbons (Fsp3) is 0.533. The van der Waals surface area contributed by atoms with Crippen molar-refractivity contribution >= 4 is 27.5 Å². The van der Waals surface area contributed by atoms with Crippen LogP contribution in [0.4, 0.5) is 4.79 Å². The van der Waals surface area contributed by atoms with Crippen molar-refractivity contribution in [2.75, 3.05) is 12.0 Å². The van der Waals surface area contributed by atoms with E-state index in [0.717, 1.165) is 29.0 Å². The molecule has 0 aliphatic heterocycles. The second-order valence-corrected chi connectivity index (χ2v) is 8.50. The van der Waals surface area contributed by atoms with E-state index >= 15 is 0 Å². The Morgan fingerprint density at radius 2 is 2.18 bits per heavy atom. The molecule has 0 bridgehead atoms.